The fraction of sp³-hybridized carbons (Fsp3) is 0.200. The summed E-state index contributed by atoms with van der Waals surface area (Å²) >= 11 is 6.60. The minimum absolute atomic E-state index is 0.917. The van der Waals surface area contributed by atoms with E-state index in [1.54, 1.807) is 18.1 Å². The predicted octanol–water partition coefficient (Wildman–Crippen LogP) is 3.50. The molecule has 0 atom stereocenters. The zero-order valence-corrected chi connectivity index (χ0v) is 11.6. The number of hydrogen-bond donors (Lipinski definition) is 1. The van der Waals surface area contributed by atoms with Crippen LogP contribution in [0.2, 0.25) is 0 Å². The molecule has 0 bridgehead atoms. The predicted molar refractivity (Wildman–Crippen MR) is 73.3 cm³/mol. The summed E-state index contributed by atoms with van der Waals surface area (Å²) < 4.78 is 6.07. The third-order valence-corrected chi connectivity index (χ3v) is 4.11. The summed E-state index contributed by atoms with van der Waals surface area (Å²) in [4.78, 5) is 4.11. The fourth-order valence-electron chi connectivity index (χ4n) is 1.16. The highest BCUT2D eigenvalue weighted by atomic mass is 79.9. The van der Waals surface area contributed by atoms with E-state index >= 15 is 0 Å². The Bertz CT molecular complexity index is 433. The van der Waals surface area contributed by atoms with Crippen molar-refractivity contribution in [3.05, 3.63) is 35.1 Å². The lowest BCUT2D eigenvalue weighted by Crippen LogP contribution is -2.03. The van der Waals surface area contributed by atoms with Crippen LogP contribution in [0.1, 0.15) is 0 Å². The first-order valence-electron chi connectivity index (χ1n) is 4.73. The summed E-state index contributed by atoms with van der Waals surface area (Å²) in [5, 5.41) is 3.35. The molecule has 0 aliphatic carbocycles. The molecular formula is C10H10BrN3S2. The Morgan fingerprint density at radius 2 is 2.38 bits per heavy atom. The van der Waals surface area contributed by atoms with Crippen molar-refractivity contribution in [2.24, 2.45) is 0 Å². The van der Waals surface area contributed by atoms with E-state index in [4.69, 9.17) is 0 Å². The van der Waals surface area contributed by atoms with E-state index in [1.807, 2.05) is 12.1 Å². The number of anilines is 1. The number of halogens is 1. The maximum atomic E-state index is 4.11. The molecule has 1 aromatic heterocycles. The van der Waals surface area contributed by atoms with Gasteiger partial charge >= 0.3 is 0 Å². The molecule has 0 spiro atoms. The molecule has 2 aromatic rings. The van der Waals surface area contributed by atoms with Crippen molar-refractivity contribution in [3.8, 4) is 0 Å². The first-order valence-corrected chi connectivity index (χ1v) is 7.29. The van der Waals surface area contributed by atoms with Crippen molar-refractivity contribution >= 4 is 44.9 Å². The van der Waals surface area contributed by atoms with Gasteiger partial charge in [0.25, 0.3) is 0 Å². The maximum Gasteiger partial charge on any atom is 0.169 e. The van der Waals surface area contributed by atoms with Gasteiger partial charge in [-0.15, -0.1) is 0 Å². The Balaban J connectivity index is 1.72. The Kier molecular flexibility index (Phi) is 4.62. The maximum absolute atomic E-state index is 4.11. The quantitative estimate of drug-likeness (QED) is 0.677. The molecular weight excluding hydrogens is 306 g/mol. The standard InChI is InChI=1S/C10H10BrN3S2/c11-8-2-1-3-9(6-8)12-4-5-15-10-13-7-14-16-10/h1-3,6-7,12H,4-5H2. The van der Waals surface area contributed by atoms with Gasteiger partial charge in [0.2, 0.25) is 0 Å². The Hall–Kier alpha value is -0.590. The average Bonchev–Trinajstić information content (AvgIpc) is 2.77. The second-order valence-electron chi connectivity index (χ2n) is 2.99. The van der Waals surface area contributed by atoms with Crippen LogP contribution in [0, 0.1) is 0 Å². The van der Waals surface area contributed by atoms with E-state index < -0.39 is 0 Å². The normalized spacial score (nSPS) is 10.3. The van der Waals surface area contributed by atoms with E-state index in [9.17, 15) is 0 Å². The summed E-state index contributed by atoms with van der Waals surface area (Å²) in [6.07, 6.45) is 1.59. The van der Waals surface area contributed by atoms with Crippen LogP contribution < -0.4 is 5.32 Å². The second-order valence-corrected chi connectivity index (χ2v) is 6.03. The third-order valence-electron chi connectivity index (χ3n) is 1.82. The highest BCUT2D eigenvalue weighted by molar-refractivity contribution is 9.10. The van der Waals surface area contributed by atoms with Crippen molar-refractivity contribution in [2.45, 2.75) is 4.34 Å². The molecule has 0 aliphatic heterocycles. The van der Waals surface area contributed by atoms with Crippen LogP contribution in [0.3, 0.4) is 0 Å². The Labute approximate surface area is 111 Å². The molecule has 6 heteroatoms. The van der Waals surface area contributed by atoms with Gasteiger partial charge < -0.3 is 5.32 Å². The zero-order valence-electron chi connectivity index (χ0n) is 8.39. The molecule has 2 rings (SSSR count). The van der Waals surface area contributed by atoms with Crippen LogP contribution >= 0.6 is 39.2 Å². The van der Waals surface area contributed by atoms with Crippen LogP contribution in [0.5, 0.6) is 0 Å². The van der Waals surface area contributed by atoms with E-state index in [2.05, 4.69) is 42.7 Å². The van der Waals surface area contributed by atoms with Crippen LogP contribution in [-0.4, -0.2) is 21.7 Å². The lowest BCUT2D eigenvalue weighted by atomic mass is 10.3. The molecule has 3 nitrogen and oxygen atoms in total. The molecule has 1 N–H and O–H groups in total. The molecule has 0 unspecified atom stereocenters. The van der Waals surface area contributed by atoms with Crippen LogP contribution in [0.25, 0.3) is 0 Å². The first kappa shape index (κ1) is 11.9. The van der Waals surface area contributed by atoms with Crippen LogP contribution in [0.15, 0.2) is 39.4 Å². The summed E-state index contributed by atoms with van der Waals surface area (Å²) in [6, 6.07) is 8.15. The summed E-state index contributed by atoms with van der Waals surface area (Å²) in [7, 11) is 0. The lowest BCUT2D eigenvalue weighted by Gasteiger charge is -2.05. The fourth-order valence-corrected chi connectivity index (χ4v) is 2.93. The van der Waals surface area contributed by atoms with Gasteiger partial charge in [-0.2, -0.15) is 4.37 Å². The van der Waals surface area contributed by atoms with Crippen molar-refractivity contribution in [3.63, 3.8) is 0 Å². The van der Waals surface area contributed by atoms with Crippen LogP contribution in [-0.2, 0) is 0 Å². The molecule has 0 amide bonds. The molecule has 0 radical (unpaired) electrons. The molecule has 0 fully saturated rings. The molecule has 0 saturated heterocycles. The van der Waals surface area contributed by atoms with E-state index in [0.717, 1.165) is 26.8 Å². The van der Waals surface area contributed by atoms with Gasteiger partial charge in [-0.05, 0) is 29.7 Å². The molecule has 1 heterocycles. The third kappa shape index (κ3) is 3.77. The van der Waals surface area contributed by atoms with Crippen molar-refractivity contribution in [1.29, 1.82) is 0 Å². The molecule has 84 valence electrons. The van der Waals surface area contributed by atoms with Gasteiger partial charge in [0, 0.05) is 22.5 Å². The SMILES string of the molecule is Brc1cccc(NCCSc2ncns2)c1. The Morgan fingerprint density at radius 3 is 3.12 bits per heavy atom. The number of benzene rings is 1. The van der Waals surface area contributed by atoms with Gasteiger partial charge in [-0.1, -0.05) is 33.8 Å². The highest BCUT2D eigenvalue weighted by Gasteiger charge is 1.97. The largest absolute Gasteiger partial charge is 0.384 e. The minimum Gasteiger partial charge on any atom is -0.384 e. The molecule has 16 heavy (non-hydrogen) atoms. The lowest BCUT2D eigenvalue weighted by molar-refractivity contribution is 1.19. The van der Waals surface area contributed by atoms with Gasteiger partial charge in [-0.3, -0.25) is 0 Å². The number of hydrogen-bond acceptors (Lipinski definition) is 5. The van der Waals surface area contributed by atoms with E-state index in [-0.39, 0.29) is 0 Å². The first-order chi connectivity index (χ1) is 7.84. The average molecular weight is 316 g/mol. The molecule has 0 aliphatic rings. The van der Waals surface area contributed by atoms with E-state index in [1.165, 1.54) is 11.5 Å². The summed E-state index contributed by atoms with van der Waals surface area (Å²) in [6.45, 7) is 0.917. The number of aromatic nitrogens is 2. The van der Waals surface area contributed by atoms with E-state index in [0.29, 0.717) is 0 Å². The van der Waals surface area contributed by atoms with Gasteiger partial charge in [0.05, 0.1) is 0 Å². The zero-order chi connectivity index (χ0) is 11.2. The summed E-state index contributed by atoms with van der Waals surface area (Å²) in [5.74, 6) is 0.988. The number of rotatable bonds is 5. The van der Waals surface area contributed by atoms with Gasteiger partial charge in [0.15, 0.2) is 4.34 Å². The number of thioether (sulfide) groups is 1. The van der Waals surface area contributed by atoms with Gasteiger partial charge in [-0.25, -0.2) is 4.98 Å². The smallest absolute Gasteiger partial charge is 0.169 e. The molecule has 0 saturated carbocycles. The number of nitrogens with one attached hydrogen (secondary N) is 1. The number of nitrogens with zero attached hydrogens (tertiary/aromatic N) is 2. The van der Waals surface area contributed by atoms with Crippen molar-refractivity contribution < 1.29 is 0 Å². The van der Waals surface area contributed by atoms with Crippen LogP contribution in [0.4, 0.5) is 5.69 Å². The topological polar surface area (TPSA) is 37.8 Å². The van der Waals surface area contributed by atoms with Crippen molar-refractivity contribution in [2.75, 3.05) is 17.6 Å². The monoisotopic (exact) mass is 315 g/mol. The summed E-state index contributed by atoms with van der Waals surface area (Å²) in [5.41, 5.74) is 1.13. The van der Waals surface area contributed by atoms with Gasteiger partial charge in [0.1, 0.15) is 6.33 Å². The second kappa shape index (κ2) is 6.22. The molecule has 1 aromatic carbocycles. The highest BCUT2D eigenvalue weighted by Crippen LogP contribution is 2.19. The Morgan fingerprint density at radius 1 is 1.44 bits per heavy atom. The minimum atomic E-state index is 0.917. The van der Waals surface area contributed by atoms with Crippen molar-refractivity contribution in [1.82, 2.24) is 9.36 Å².